The molecular formula is C5H9O5S2. The van der Waals surface area contributed by atoms with E-state index >= 15 is 0 Å². The predicted molar refractivity (Wildman–Crippen MR) is 44.7 cm³/mol. The molecular weight excluding hydrogens is 204 g/mol. The van der Waals surface area contributed by atoms with Gasteiger partial charge in [0.25, 0.3) is 10.1 Å². The largest absolute Gasteiger partial charge is 0.285 e. The minimum absolute atomic E-state index is 0.621. The fourth-order valence-corrected chi connectivity index (χ4v) is 2.32. The van der Waals surface area contributed by atoms with E-state index in [1.165, 1.54) is 0 Å². The summed E-state index contributed by atoms with van der Waals surface area (Å²) in [5, 5.41) is -0.948. The molecule has 12 heavy (non-hydrogen) atoms. The maximum atomic E-state index is 10.7. The van der Waals surface area contributed by atoms with Crippen LogP contribution in [0.2, 0.25) is 0 Å². The Morgan fingerprint density at radius 2 is 1.75 bits per heavy atom. The molecule has 0 aliphatic carbocycles. The van der Waals surface area contributed by atoms with Crippen molar-refractivity contribution in [2.45, 2.75) is 5.25 Å². The van der Waals surface area contributed by atoms with Crippen LogP contribution in [0.4, 0.5) is 0 Å². The highest BCUT2D eigenvalue weighted by Gasteiger charge is 2.22. The maximum Gasteiger partial charge on any atom is 0.268 e. The Morgan fingerprint density at radius 3 is 2.00 bits per heavy atom. The second-order valence-corrected chi connectivity index (χ2v) is 5.82. The quantitative estimate of drug-likeness (QED) is 0.644. The summed E-state index contributed by atoms with van der Waals surface area (Å²) in [6.45, 7) is 5.95. The molecule has 71 valence electrons. The molecule has 0 bridgehead atoms. The lowest BCUT2D eigenvalue weighted by Gasteiger charge is -2.04. The lowest BCUT2D eigenvalue weighted by atomic mass is 10.6. The molecule has 0 rings (SSSR count). The van der Waals surface area contributed by atoms with Gasteiger partial charge in [-0.05, 0) is 6.92 Å². The molecule has 0 aromatic heterocycles. The topological polar surface area (TPSA) is 88.5 Å². The summed E-state index contributed by atoms with van der Waals surface area (Å²) < 4.78 is 50.4. The summed E-state index contributed by atoms with van der Waals surface area (Å²) in [4.78, 5) is 0. The van der Waals surface area contributed by atoms with Crippen LogP contribution in [0.5, 0.6) is 0 Å². The molecule has 0 spiro atoms. The van der Waals surface area contributed by atoms with Gasteiger partial charge >= 0.3 is 0 Å². The van der Waals surface area contributed by atoms with Gasteiger partial charge in [0.15, 0.2) is 9.84 Å². The second-order valence-electron chi connectivity index (χ2n) is 2.13. The molecule has 0 fully saturated rings. The molecule has 0 saturated carbocycles. The summed E-state index contributed by atoms with van der Waals surface area (Å²) in [6, 6.07) is 0. The van der Waals surface area contributed by atoms with Crippen LogP contribution < -0.4 is 0 Å². The zero-order valence-electron chi connectivity index (χ0n) is 6.17. The minimum atomic E-state index is -4.38. The summed E-state index contributed by atoms with van der Waals surface area (Å²) in [6.07, 6.45) is 0. The lowest BCUT2D eigenvalue weighted by Crippen LogP contribution is -2.25. The van der Waals surface area contributed by atoms with Crippen molar-refractivity contribution in [1.82, 2.24) is 0 Å². The molecule has 5 nitrogen and oxygen atoms in total. The molecule has 0 aliphatic rings. The average molecular weight is 213 g/mol. The second kappa shape index (κ2) is 3.55. The van der Waals surface area contributed by atoms with E-state index in [0.717, 1.165) is 0 Å². The first-order valence-electron chi connectivity index (χ1n) is 2.83. The number of rotatable bonds is 4. The third-order valence-corrected chi connectivity index (χ3v) is 3.69. The summed E-state index contributed by atoms with van der Waals surface area (Å²) in [5.74, 6) is -0.755. The zero-order chi connectivity index (χ0) is 9.99. The number of sulfone groups is 1. The van der Waals surface area contributed by atoms with Gasteiger partial charge in [-0.1, -0.05) is 6.58 Å². The summed E-state index contributed by atoms with van der Waals surface area (Å²) in [7, 11) is -8.02. The normalized spacial score (nSPS) is 15.5. The van der Waals surface area contributed by atoms with E-state index in [2.05, 4.69) is 13.5 Å². The number of hydrogen-bond donors (Lipinski definition) is 1. The highest BCUT2D eigenvalue weighted by Crippen LogP contribution is 2.02. The van der Waals surface area contributed by atoms with E-state index in [-0.39, 0.29) is 0 Å². The van der Waals surface area contributed by atoms with Crippen LogP contribution >= 0.6 is 0 Å². The van der Waals surface area contributed by atoms with Gasteiger partial charge in [0.2, 0.25) is 0 Å². The van der Waals surface area contributed by atoms with Crippen molar-refractivity contribution in [3.8, 4) is 0 Å². The smallest absolute Gasteiger partial charge is 0.268 e. The van der Waals surface area contributed by atoms with Crippen LogP contribution in [0.1, 0.15) is 0 Å². The van der Waals surface area contributed by atoms with Gasteiger partial charge in [-0.2, -0.15) is 8.42 Å². The van der Waals surface area contributed by atoms with Crippen LogP contribution in [0, 0.1) is 6.92 Å². The van der Waals surface area contributed by atoms with Crippen molar-refractivity contribution in [3.63, 3.8) is 0 Å². The van der Waals surface area contributed by atoms with Gasteiger partial charge in [-0.15, -0.1) is 0 Å². The Hall–Kier alpha value is -0.400. The van der Waals surface area contributed by atoms with E-state index in [4.69, 9.17) is 4.55 Å². The van der Waals surface area contributed by atoms with Crippen LogP contribution in [0.3, 0.4) is 0 Å². The highest BCUT2D eigenvalue weighted by atomic mass is 32.2. The van der Waals surface area contributed by atoms with Crippen molar-refractivity contribution < 1.29 is 21.4 Å². The Morgan fingerprint density at radius 1 is 1.33 bits per heavy atom. The Kier molecular flexibility index (Phi) is 3.43. The van der Waals surface area contributed by atoms with Crippen LogP contribution in [0.25, 0.3) is 0 Å². The summed E-state index contributed by atoms with van der Waals surface area (Å²) in [5.41, 5.74) is 0. The van der Waals surface area contributed by atoms with Crippen molar-refractivity contribution in [1.29, 1.82) is 0 Å². The molecule has 1 unspecified atom stereocenters. The van der Waals surface area contributed by atoms with E-state index < -0.39 is 31.0 Å². The van der Waals surface area contributed by atoms with Crippen molar-refractivity contribution in [3.05, 3.63) is 18.9 Å². The standard InChI is InChI=1S/C5H9O5S2/c1-3-11(6,7)4-5(2)12(8,9)10/h3,5H,1-2,4H2,(H,8,9,10). The SMILES string of the molecule is [CH2]C(CS(=O)(=O)C=C)S(=O)(=O)O. The zero-order valence-corrected chi connectivity index (χ0v) is 7.81. The van der Waals surface area contributed by atoms with Crippen LogP contribution in [-0.4, -0.2) is 32.4 Å². The third-order valence-electron chi connectivity index (χ3n) is 1.09. The maximum absolute atomic E-state index is 10.7. The average Bonchev–Trinajstić information content (AvgIpc) is 1.85. The fourth-order valence-electron chi connectivity index (χ4n) is 0.413. The molecule has 0 heterocycles. The first kappa shape index (κ1) is 11.6. The molecule has 1 atom stereocenters. The van der Waals surface area contributed by atoms with E-state index in [1.54, 1.807) is 0 Å². The molecule has 0 aromatic rings. The van der Waals surface area contributed by atoms with Crippen molar-refractivity contribution >= 4 is 20.0 Å². The van der Waals surface area contributed by atoms with Gasteiger partial charge in [0.1, 0.15) is 5.25 Å². The first-order valence-corrected chi connectivity index (χ1v) is 6.05. The van der Waals surface area contributed by atoms with Crippen molar-refractivity contribution in [2.75, 3.05) is 5.75 Å². The van der Waals surface area contributed by atoms with Crippen LogP contribution in [0.15, 0.2) is 12.0 Å². The molecule has 0 aromatic carbocycles. The molecule has 0 aliphatic heterocycles. The monoisotopic (exact) mass is 213 g/mol. The van der Waals surface area contributed by atoms with Gasteiger partial charge in [-0.25, -0.2) is 8.42 Å². The molecule has 0 saturated heterocycles. The van der Waals surface area contributed by atoms with Gasteiger partial charge in [0, 0.05) is 5.41 Å². The van der Waals surface area contributed by atoms with Gasteiger partial charge < -0.3 is 0 Å². The molecule has 1 radical (unpaired) electrons. The van der Waals surface area contributed by atoms with E-state index in [1.807, 2.05) is 0 Å². The molecule has 1 N–H and O–H groups in total. The molecule has 0 amide bonds. The lowest BCUT2D eigenvalue weighted by molar-refractivity contribution is 0.476. The summed E-state index contributed by atoms with van der Waals surface area (Å²) >= 11 is 0. The minimum Gasteiger partial charge on any atom is -0.285 e. The Balaban J connectivity index is 4.63. The van der Waals surface area contributed by atoms with E-state index in [0.29, 0.717) is 5.41 Å². The Bertz CT molecular complexity index is 349. The van der Waals surface area contributed by atoms with Gasteiger partial charge in [0.05, 0.1) is 5.75 Å². The van der Waals surface area contributed by atoms with Gasteiger partial charge in [-0.3, -0.25) is 4.55 Å². The van der Waals surface area contributed by atoms with Crippen molar-refractivity contribution in [2.24, 2.45) is 0 Å². The highest BCUT2D eigenvalue weighted by molar-refractivity contribution is 7.95. The molecule has 7 heteroatoms. The third kappa shape index (κ3) is 3.84. The van der Waals surface area contributed by atoms with Crippen LogP contribution in [-0.2, 0) is 20.0 Å². The Labute approximate surface area is 71.8 Å². The van der Waals surface area contributed by atoms with E-state index in [9.17, 15) is 16.8 Å². The fraction of sp³-hybridized carbons (Fsp3) is 0.400. The first-order chi connectivity index (χ1) is 5.19. The predicted octanol–water partition coefficient (Wildman–Crippen LogP) is -0.365. The number of hydrogen-bond acceptors (Lipinski definition) is 4.